The zero-order valence-electron chi connectivity index (χ0n) is 21.2. The lowest BCUT2D eigenvalue weighted by atomic mass is 9.82. The van der Waals surface area contributed by atoms with Gasteiger partial charge < -0.3 is 20.3 Å². The van der Waals surface area contributed by atoms with Gasteiger partial charge in [-0.05, 0) is 73.9 Å². The number of nitrogens with zero attached hydrogens (tertiary/aromatic N) is 4. The smallest absolute Gasteiger partial charge is 0.409 e. The molecule has 0 saturated carbocycles. The Morgan fingerprint density at radius 3 is 2.81 bits per heavy atom. The Labute approximate surface area is 221 Å². The number of halogens is 1. The Kier molecular flexibility index (Phi) is 7.31. The van der Waals surface area contributed by atoms with E-state index in [1.54, 1.807) is 21.9 Å². The average molecular weight is 522 g/mol. The number of nitrogens with two attached hydrogens (primary N) is 1. The fraction of sp³-hybridized carbons (Fsp3) is 0.429. The van der Waals surface area contributed by atoms with Gasteiger partial charge in [-0.25, -0.2) is 4.79 Å². The minimum Gasteiger partial charge on any atom is -0.449 e. The van der Waals surface area contributed by atoms with Crippen molar-refractivity contribution in [3.63, 3.8) is 0 Å². The number of ether oxygens (including phenoxy) is 1. The van der Waals surface area contributed by atoms with Crippen LogP contribution in [0.4, 0.5) is 4.79 Å². The molecule has 194 valence electrons. The Balaban J connectivity index is 1.36. The Morgan fingerprint density at radius 1 is 1.22 bits per heavy atom. The van der Waals surface area contributed by atoms with Gasteiger partial charge in [-0.2, -0.15) is 0 Å². The highest BCUT2D eigenvalue weighted by Crippen LogP contribution is 2.38. The van der Waals surface area contributed by atoms with Crippen molar-refractivity contribution in [3.05, 3.63) is 69.6 Å². The molecule has 2 atom stereocenters. The van der Waals surface area contributed by atoms with Gasteiger partial charge in [0.1, 0.15) is 0 Å². The average Bonchev–Trinajstić information content (AvgIpc) is 2.90. The van der Waals surface area contributed by atoms with E-state index >= 15 is 0 Å². The van der Waals surface area contributed by atoms with E-state index in [1.807, 2.05) is 26.1 Å². The second-order valence-corrected chi connectivity index (χ2v) is 10.3. The van der Waals surface area contributed by atoms with Crippen molar-refractivity contribution in [2.45, 2.75) is 51.6 Å². The first-order valence-electron chi connectivity index (χ1n) is 12.9. The van der Waals surface area contributed by atoms with Crippen LogP contribution in [0.1, 0.15) is 58.6 Å². The molecule has 8 nitrogen and oxygen atoms in total. The molecule has 5 rings (SSSR count). The minimum atomic E-state index is -0.615. The molecule has 2 amide bonds. The number of rotatable bonds is 4. The van der Waals surface area contributed by atoms with Gasteiger partial charge in [-0.1, -0.05) is 24.6 Å². The summed E-state index contributed by atoms with van der Waals surface area (Å²) in [7, 11) is 0. The first-order chi connectivity index (χ1) is 17.9. The molecule has 3 aromatic rings. The van der Waals surface area contributed by atoms with Gasteiger partial charge in [0.25, 0.3) is 5.91 Å². The maximum Gasteiger partial charge on any atom is 0.409 e. The normalized spacial score (nSPS) is 19.6. The molecule has 37 heavy (non-hydrogen) atoms. The third-order valence-electron chi connectivity index (χ3n) is 7.29. The van der Waals surface area contributed by atoms with Crippen LogP contribution >= 0.6 is 11.6 Å². The van der Waals surface area contributed by atoms with E-state index in [0.29, 0.717) is 36.7 Å². The number of aryl methyl sites for hydroxylation is 1. The molecule has 1 fully saturated rings. The van der Waals surface area contributed by atoms with Crippen LogP contribution in [-0.4, -0.2) is 64.2 Å². The summed E-state index contributed by atoms with van der Waals surface area (Å²) in [6.07, 6.45) is 4.28. The summed E-state index contributed by atoms with van der Waals surface area (Å²) in [5, 5.41) is 1.57. The van der Waals surface area contributed by atoms with Gasteiger partial charge in [0.15, 0.2) is 0 Å². The zero-order valence-corrected chi connectivity index (χ0v) is 22.0. The summed E-state index contributed by atoms with van der Waals surface area (Å²) in [6, 6.07) is 9.68. The summed E-state index contributed by atoms with van der Waals surface area (Å²) in [4.78, 5) is 38.0. The first-order valence-corrected chi connectivity index (χ1v) is 13.2. The van der Waals surface area contributed by atoms with Gasteiger partial charge in [-0.15, -0.1) is 0 Å². The number of carbonyl (C=O) groups excluding carboxylic acids is 2. The molecule has 1 unspecified atom stereocenters. The monoisotopic (exact) mass is 521 g/mol. The maximum absolute atomic E-state index is 13.4. The van der Waals surface area contributed by atoms with Gasteiger partial charge in [-0.3, -0.25) is 14.8 Å². The highest BCUT2D eigenvalue weighted by Gasteiger charge is 2.32. The summed E-state index contributed by atoms with van der Waals surface area (Å²) >= 11 is 6.85. The molecular formula is C28H32ClN5O3. The van der Waals surface area contributed by atoms with Gasteiger partial charge in [0.05, 0.1) is 29.9 Å². The van der Waals surface area contributed by atoms with Crippen LogP contribution in [-0.2, 0) is 17.6 Å². The van der Waals surface area contributed by atoms with Crippen molar-refractivity contribution in [1.82, 2.24) is 19.8 Å². The maximum atomic E-state index is 13.4. The predicted octanol–water partition coefficient (Wildman–Crippen LogP) is 4.45. The molecule has 2 aromatic heterocycles. The molecule has 1 saturated heterocycles. The summed E-state index contributed by atoms with van der Waals surface area (Å²) in [6.45, 7) is 5.26. The zero-order chi connectivity index (χ0) is 26.1. The standard InChI is InChI=1S/C28H32ClN5O3/c1-3-12-37-28(36)33-10-11-34(25(30)16-33)27(35)20-5-7-22-24(15-20)32-23-14-18(4-6-21(23)26(22)29)19-8-9-31-17(2)13-19/h5,7-9,13,15,18,25H,3-4,6,10-12,14,16,30H2,1-2H3/t18?,25-/m0/s1. The molecule has 2 N–H and O–H groups in total. The molecule has 1 aliphatic carbocycles. The van der Waals surface area contributed by atoms with E-state index in [9.17, 15) is 9.59 Å². The summed E-state index contributed by atoms with van der Waals surface area (Å²) in [5.41, 5.74) is 11.9. The Morgan fingerprint density at radius 2 is 2.05 bits per heavy atom. The second-order valence-electron chi connectivity index (χ2n) is 9.88. The van der Waals surface area contributed by atoms with Crippen molar-refractivity contribution in [1.29, 1.82) is 0 Å². The Hall–Kier alpha value is -3.23. The largest absolute Gasteiger partial charge is 0.449 e. The van der Waals surface area contributed by atoms with Crippen LogP contribution in [0.25, 0.3) is 10.9 Å². The van der Waals surface area contributed by atoms with E-state index in [-0.39, 0.29) is 18.5 Å². The van der Waals surface area contributed by atoms with Gasteiger partial charge in [0, 0.05) is 41.6 Å². The number of amides is 2. The number of fused-ring (bicyclic) bond motifs is 2. The number of benzene rings is 1. The third-order valence-corrected chi connectivity index (χ3v) is 7.72. The van der Waals surface area contributed by atoms with Gasteiger partial charge >= 0.3 is 6.09 Å². The molecule has 0 bridgehead atoms. The van der Waals surface area contributed by atoms with Crippen molar-refractivity contribution in [2.75, 3.05) is 26.2 Å². The van der Waals surface area contributed by atoms with Crippen LogP contribution in [0.3, 0.4) is 0 Å². The summed E-state index contributed by atoms with van der Waals surface area (Å²) in [5.74, 6) is 0.176. The van der Waals surface area contributed by atoms with Crippen molar-refractivity contribution < 1.29 is 14.3 Å². The third kappa shape index (κ3) is 5.13. The number of hydrogen-bond donors (Lipinski definition) is 1. The SMILES string of the molecule is CCCOC(=O)N1CCN(C(=O)c2ccc3c(Cl)c4c(nc3c2)CC(c2ccnc(C)c2)CC4)[C@H](N)C1. The molecule has 0 radical (unpaired) electrons. The lowest BCUT2D eigenvalue weighted by Crippen LogP contribution is -2.60. The number of piperazine rings is 1. The lowest BCUT2D eigenvalue weighted by Gasteiger charge is -2.39. The van der Waals surface area contributed by atoms with E-state index in [4.69, 9.17) is 27.1 Å². The van der Waals surface area contributed by atoms with E-state index in [1.165, 1.54) is 5.56 Å². The molecule has 9 heteroatoms. The van der Waals surface area contributed by atoms with Gasteiger partial charge in [0.2, 0.25) is 0 Å². The number of pyridine rings is 2. The highest BCUT2D eigenvalue weighted by atomic mass is 35.5. The first kappa shape index (κ1) is 25.4. The van der Waals surface area contributed by atoms with Crippen molar-refractivity contribution in [3.8, 4) is 0 Å². The second kappa shape index (κ2) is 10.6. The Bertz CT molecular complexity index is 1350. The molecule has 2 aliphatic rings. The molecule has 1 aliphatic heterocycles. The predicted molar refractivity (Wildman–Crippen MR) is 143 cm³/mol. The fourth-order valence-electron chi connectivity index (χ4n) is 5.30. The van der Waals surface area contributed by atoms with E-state index in [0.717, 1.165) is 53.0 Å². The quantitative estimate of drug-likeness (QED) is 0.544. The fourth-order valence-corrected chi connectivity index (χ4v) is 5.67. The molecular weight excluding hydrogens is 490 g/mol. The van der Waals surface area contributed by atoms with Crippen molar-refractivity contribution >= 4 is 34.5 Å². The molecule has 3 heterocycles. The van der Waals surface area contributed by atoms with E-state index in [2.05, 4.69) is 17.1 Å². The van der Waals surface area contributed by atoms with Crippen LogP contribution in [0.15, 0.2) is 36.5 Å². The minimum absolute atomic E-state index is 0.184. The highest BCUT2D eigenvalue weighted by molar-refractivity contribution is 6.36. The number of hydrogen-bond acceptors (Lipinski definition) is 6. The number of carbonyl (C=O) groups is 2. The lowest BCUT2D eigenvalue weighted by molar-refractivity contribution is 0.0392. The van der Waals surface area contributed by atoms with E-state index < -0.39 is 6.17 Å². The van der Waals surface area contributed by atoms with Crippen LogP contribution in [0, 0.1) is 6.92 Å². The topological polar surface area (TPSA) is 102 Å². The molecule has 0 spiro atoms. The summed E-state index contributed by atoms with van der Waals surface area (Å²) < 4.78 is 5.21. The van der Waals surface area contributed by atoms with Crippen molar-refractivity contribution in [2.24, 2.45) is 5.73 Å². The number of aromatic nitrogens is 2. The van der Waals surface area contributed by atoms with Crippen LogP contribution in [0.2, 0.25) is 5.02 Å². The van der Waals surface area contributed by atoms with Crippen LogP contribution < -0.4 is 5.73 Å². The van der Waals surface area contributed by atoms with Crippen LogP contribution in [0.5, 0.6) is 0 Å². The molecule has 1 aromatic carbocycles.